The molecule has 144 valence electrons. The second-order valence-corrected chi connectivity index (χ2v) is 6.01. The topological polar surface area (TPSA) is 74.2 Å². The number of carboxylic acids is 1. The Hall–Kier alpha value is -3.15. The van der Waals surface area contributed by atoms with E-state index in [1.54, 1.807) is 49.6 Å². The number of benzene rings is 2. The van der Waals surface area contributed by atoms with E-state index in [-0.39, 0.29) is 11.7 Å². The van der Waals surface area contributed by atoms with Gasteiger partial charge in [-0.05, 0) is 55.3 Å². The lowest BCUT2D eigenvalue weighted by atomic mass is 10.0. The summed E-state index contributed by atoms with van der Waals surface area (Å²) in [6.45, 7) is 3.85. The Morgan fingerprint density at radius 2 is 1.48 bits per heavy atom. The van der Waals surface area contributed by atoms with Crippen molar-refractivity contribution in [2.45, 2.75) is 20.0 Å². The van der Waals surface area contributed by atoms with Crippen LogP contribution in [0, 0.1) is 0 Å². The summed E-state index contributed by atoms with van der Waals surface area (Å²) in [5.41, 5.74) is 1.30. The van der Waals surface area contributed by atoms with Crippen LogP contribution >= 0.6 is 0 Å². The van der Waals surface area contributed by atoms with Gasteiger partial charge in [-0.1, -0.05) is 12.1 Å². The molecule has 0 aromatic heterocycles. The predicted molar refractivity (Wildman–Crippen MR) is 104 cm³/mol. The third-order valence-electron chi connectivity index (χ3n) is 3.79. The molecule has 0 aliphatic heterocycles. The van der Waals surface area contributed by atoms with Gasteiger partial charge >= 0.3 is 5.97 Å². The van der Waals surface area contributed by atoms with Crippen molar-refractivity contribution in [2.24, 2.45) is 0 Å². The van der Waals surface area contributed by atoms with Gasteiger partial charge in [0.2, 0.25) is 0 Å². The van der Waals surface area contributed by atoms with Crippen molar-refractivity contribution in [1.29, 1.82) is 0 Å². The summed E-state index contributed by atoms with van der Waals surface area (Å²) in [6.07, 6.45) is 1.58. The molecule has 0 aliphatic rings. The first-order valence-electron chi connectivity index (χ1n) is 8.41. The van der Waals surface area contributed by atoms with Crippen LogP contribution in [0.1, 0.15) is 25.0 Å². The summed E-state index contributed by atoms with van der Waals surface area (Å²) in [5.74, 6) is 1.08. The molecule has 0 heterocycles. The summed E-state index contributed by atoms with van der Waals surface area (Å²) < 4.78 is 21.5. The van der Waals surface area contributed by atoms with Crippen molar-refractivity contribution in [3.63, 3.8) is 0 Å². The van der Waals surface area contributed by atoms with Gasteiger partial charge in [0.05, 0.1) is 33.0 Å². The first-order valence-corrected chi connectivity index (χ1v) is 8.41. The van der Waals surface area contributed by atoms with Gasteiger partial charge in [0.15, 0.2) is 23.0 Å². The average molecular weight is 372 g/mol. The molecule has 1 N–H and O–H groups in total. The number of hydrogen-bond acceptors (Lipinski definition) is 5. The quantitative estimate of drug-likeness (QED) is 0.555. The van der Waals surface area contributed by atoms with Crippen LogP contribution < -0.4 is 18.9 Å². The van der Waals surface area contributed by atoms with E-state index in [9.17, 15) is 9.90 Å². The minimum Gasteiger partial charge on any atom is -0.493 e. The van der Waals surface area contributed by atoms with Crippen LogP contribution in [-0.2, 0) is 4.79 Å². The number of hydrogen-bond donors (Lipinski definition) is 1. The molecule has 0 saturated carbocycles. The number of rotatable bonds is 8. The Labute approximate surface area is 158 Å². The Bertz CT molecular complexity index is 839. The molecule has 0 aliphatic carbocycles. The maximum absolute atomic E-state index is 11.8. The fraction of sp³-hybridized carbons (Fsp3) is 0.286. The maximum Gasteiger partial charge on any atom is 0.336 e. The monoisotopic (exact) mass is 372 g/mol. The van der Waals surface area contributed by atoms with Gasteiger partial charge in [0.1, 0.15) is 0 Å². The second-order valence-electron chi connectivity index (χ2n) is 6.01. The Morgan fingerprint density at radius 1 is 0.889 bits per heavy atom. The number of carbonyl (C=O) groups is 1. The minimum atomic E-state index is -1.05. The zero-order valence-corrected chi connectivity index (χ0v) is 16.1. The van der Waals surface area contributed by atoms with Crippen LogP contribution in [0.25, 0.3) is 11.6 Å². The van der Waals surface area contributed by atoms with E-state index in [2.05, 4.69) is 0 Å². The highest BCUT2D eigenvalue weighted by Crippen LogP contribution is 2.33. The van der Waals surface area contributed by atoms with Gasteiger partial charge in [0, 0.05) is 0 Å². The summed E-state index contributed by atoms with van der Waals surface area (Å²) in [4.78, 5) is 11.8. The minimum absolute atomic E-state index is 0.00152. The zero-order chi connectivity index (χ0) is 20.0. The lowest BCUT2D eigenvalue weighted by molar-refractivity contribution is -0.130. The molecule has 0 saturated heterocycles. The van der Waals surface area contributed by atoms with Gasteiger partial charge in [-0.25, -0.2) is 4.79 Å². The van der Waals surface area contributed by atoms with Crippen LogP contribution in [0.4, 0.5) is 0 Å². The highest BCUT2D eigenvalue weighted by atomic mass is 16.5. The van der Waals surface area contributed by atoms with Gasteiger partial charge in [-0.3, -0.25) is 0 Å². The van der Waals surface area contributed by atoms with Crippen molar-refractivity contribution < 1.29 is 28.8 Å². The molecule has 2 aromatic rings. The molecule has 0 bridgehead atoms. The number of carboxylic acid groups (broad SMARTS) is 1. The molecule has 0 fully saturated rings. The molecule has 6 heteroatoms. The Morgan fingerprint density at radius 3 is 2.04 bits per heavy atom. The average Bonchev–Trinajstić information content (AvgIpc) is 2.65. The Kier molecular flexibility index (Phi) is 6.71. The highest BCUT2D eigenvalue weighted by molar-refractivity contribution is 6.20. The Balaban J connectivity index is 2.48. The zero-order valence-electron chi connectivity index (χ0n) is 16.1. The molecular weight excluding hydrogens is 348 g/mol. The van der Waals surface area contributed by atoms with Crippen LogP contribution in [0.2, 0.25) is 0 Å². The summed E-state index contributed by atoms with van der Waals surface area (Å²) in [5, 5.41) is 9.68. The van der Waals surface area contributed by atoms with Crippen molar-refractivity contribution in [2.75, 3.05) is 21.3 Å². The summed E-state index contributed by atoms with van der Waals surface area (Å²) in [7, 11) is 4.57. The van der Waals surface area contributed by atoms with E-state index in [4.69, 9.17) is 18.9 Å². The molecular formula is C21H24O6. The standard InChI is InChI=1S/C21H24O6/c1-13(2)27-18-8-6-14(11-19(18)25-4)10-16(21(22)23)15-7-9-17(24-3)20(12-15)26-5/h6-13H,1-5H3,(H,22,23)/b16-10+. The maximum atomic E-state index is 11.8. The van der Waals surface area contributed by atoms with Gasteiger partial charge in [-0.2, -0.15) is 0 Å². The van der Waals surface area contributed by atoms with Crippen LogP contribution in [0.15, 0.2) is 36.4 Å². The van der Waals surface area contributed by atoms with Gasteiger partial charge in [-0.15, -0.1) is 0 Å². The second kappa shape index (κ2) is 8.98. The largest absolute Gasteiger partial charge is 0.493 e. The van der Waals surface area contributed by atoms with Gasteiger partial charge in [0.25, 0.3) is 0 Å². The predicted octanol–water partition coefficient (Wildman–Crippen LogP) is 4.12. The molecule has 2 aromatic carbocycles. The smallest absolute Gasteiger partial charge is 0.336 e. The first-order chi connectivity index (χ1) is 12.9. The molecule has 0 unspecified atom stereocenters. The van der Waals surface area contributed by atoms with Crippen LogP contribution in [-0.4, -0.2) is 38.5 Å². The molecule has 0 radical (unpaired) electrons. The van der Waals surface area contributed by atoms with Crippen LogP contribution in [0.5, 0.6) is 23.0 Å². The van der Waals surface area contributed by atoms with Crippen molar-refractivity contribution in [3.05, 3.63) is 47.5 Å². The number of methoxy groups -OCH3 is 3. The number of ether oxygens (including phenoxy) is 4. The van der Waals surface area contributed by atoms with E-state index >= 15 is 0 Å². The number of aliphatic carboxylic acids is 1. The molecule has 0 atom stereocenters. The lowest BCUT2D eigenvalue weighted by Crippen LogP contribution is -2.06. The van der Waals surface area contributed by atoms with E-state index < -0.39 is 5.97 Å². The van der Waals surface area contributed by atoms with E-state index in [0.717, 1.165) is 0 Å². The normalized spacial score (nSPS) is 11.3. The molecule has 27 heavy (non-hydrogen) atoms. The van der Waals surface area contributed by atoms with E-state index in [1.807, 2.05) is 13.8 Å². The third-order valence-corrected chi connectivity index (χ3v) is 3.79. The molecule has 0 amide bonds. The fourth-order valence-electron chi connectivity index (χ4n) is 2.56. The van der Waals surface area contributed by atoms with Crippen molar-refractivity contribution >= 4 is 17.6 Å². The SMILES string of the molecule is COc1ccc(/C(=C\c2ccc(OC(C)C)c(OC)c2)C(=O)O)cc1OC. The van der Waals surface area contributed by atoms with E-state index in [1.165, 1.54) is 14.2 Å². The molecule has 0 spiro atoms. The highest BCUT2D eigenvalue weighted by Gasteiger charge is 2.15. The van der Waals surface area contributed by atoms with Crippen LogP contribution in [0.3, 0.4) is 0 Å². The van der Waals surface area contributed by atoms with Crippen molar-refractivity contribution in [3.8, 4) is 23.0 Å². The fourth-order valence-corrected chi connectivity index (χ4v) is 2.56. The lowest BCUT2D eigenvalue weighted by Gasteiger charge is -2.14. The molecule has 2 rings (SSSR count). The van der Waals surface area contributed by atoms with E-state index in [0.29, 0.717) is 34.1 Å². The summed E-state index contributed by atoms with van der Waals surface area (Å²) in [6, 6.07) is 10.3. The first kappa shape index (κ1) is 20.2. The molecule has 6 nitrogen and oxygen atoms in total. The third kappa shape index (κ3) is 4.94. The van der Waals surface area contributed by atoms with Gasteiger partial charge < -0.3 is 24.1 Å². The van der Waals surface area contributed by atoms with Crippen molar-refractivity contribution in [1.82, 2.24) is 0 Å². The summed E-state index contributed by atoms with van der Waals surface area (Å²) >= 11 is 0.